The Morgan fingerprint density at radius 2 is 2.23 bits per heavy atom. The van der Waals surface area contributed by atoms with Crippen LogP contribution in [0.1, 0.15) is 4.88 Å². The molecular formula is C9H7FOS2. The van der Waals surface area contributed by atoms with Crippen LogP contribution < -0.4 is 0 Å². The number of benzene rings is 1. The van der Waals surface area contributed by atoms with Crippen LogP contribution in [0, 0.1) is 5.82 Å². The molecule has 2 aromatic rings. The van der Waals surface area contributed by atoms with Crippen LogP contribution in [0.4, 0.5) is 4.39 Å². The fourth-order valence-corrected chi connectivity index (χ4v) is 2.47. The van der Waals surface area contributed by atoms with Crippen LogP contribution in [-0.2, 0) is 6.61 Å². The molecule has 4 heteroatoms. The summed E-state index contributed by atoms with van der Waals surface area (Å²) in [7, 11) is 0. The Bertz CT molecular complexity index is 450. The molecule has 13 heavy (non-hydrogen) atoms. The molecule has 0 bridgehead atoms. The molecule has 0 aliphatic rings. The number of aliphatic hydroxyl groups is 1. The van der Waals surface area contributed by atoms with E-state index in [2.05, 4.69) is 12.6 Å². The topological polar surface area (TPSA) is 20.2 Å². The number of rotatable bonds is 1. The van der Waals surface area contributed by atoms with Crippen molar-refractivity contribution in [3.63, 3.8) is 0 Å². The van der Waals surface area contributed by atoms with Crippen molar-refractivity contribution in [2.45, 2.75) is 11.5 Å². The lowest BCUT2D eigenvalue weighted by atomic mass is 10.2. The molecule has 1 nitrogen and oxygen atoms in total. The third-order valence-electron chi connectivity index (χ3n) is 1.83. The van der Waals surface area contributed by atoms with E-state index in [0.717, 1.165) is 15.0 Å². The zero-order chi connectivity index (χ0) is 9.42. The summed E-state index contributed by atoms with van der Waals surface area (Å²) in [5, 5.41) is 9.67. The molecule has 1 N–H and O–H groups in total. The van der Waals surface area contributed by atoms with Crippen molar-refractivity contribution in [3.8, 4) is 0 Å². The predicted octanol–water partition coefficient (Wildman–Crippen LogP) is 2.82. The highest BCUT2D eigenvalue weighted by Crippen LogP contribution is 2.31. The largest absolute Gasteiger partial charge is 0.391 e. The number of thiophene rings is 1. The molecule has 0 atom stereocenters. The molecule has 1 heterocycles. The van der Waals surface area contributed by atoms with Crippen molar-refractivity contribution < 1.29 is 9.50 Å². The van der Waals surface area contributed by atoms with Gasteiger partial charge in [-0.25, -0.2) is 4.39 Å². The van der Waals surface area contributed by atoms with Gasteiger partial charge in [0.2, 0.25) is 0 Å². The lowest BCUT2D eigenvalue weighted by Crippen LogP contribution is -1.76. The van der Waals surface area contributed by atoms with Crippen molar-refractivity contribution >= 4 is 34.1 Å². The van der Waals surface area contributed by atoms with Gasteiger partial charge < -0.3 is 5.11 Å². The summed E-state index contributed by atoms with van der Waals surface area (Å²) in [5.74, 6) is -0.321. The highest BCUT2D eigenvalue weighted by atomic mass is 32.1. The van der Waals surface area contributed by atoms with Crippen molar-refractivity contribution in [1.82, 2.24) is 0 Å². The summed E-state index contributed by atoms with van der Waals surface area (Å²) in [6, 6.07) is 4.86. The van der Waals surface area contributed by atoms with E-state index in [-0.39, 0.29) is 12.4 Å². The van der Waals surface area contributed by atoms with Crippen molar-refractivity contribution in [2.75, 3.05) is 0 Å². The van der Waals surface area contributed by atoms with E-state index in [1.165, 1.54) is 17.4 Å². The minimum atomic E-state index is -0.321. The second-order valence-electron chi connectivity index (χ2n) is 2.68. The Balaban J connectivity index is 2.76. The lowest BCUT2D eigenvalue weighted by Gasteiger charge is -1.95. The monoisotopic (exact) mass is 214 g/mol. The zero-order valence-electron chi connectivity index (χ0n) is 6.62. The van der Waals surface area contributed by atoms with Gasteiger partial charge in [-0.05, 0) is 18.2 Å². The SMILES string of the molecule is OCc1cc2c(S)c(F)ccc2s1. The fraction of sp³-hybridized carbons (Fsp3) is 0.111. The van der Waals surface area contributed by atoms with Crippen molar-refractivity contribution in [2.24, 2.45) is 0 Å². The molecule has 0 amide bonds. The van der Waals surface area contributed by atoms with Crippen LogP contribution in [0.25, 0.3) is 10.1 Å². The molecular weight excluding hydrogens is 207 g/mol. The second kappa shape index (κ2) is 3.29. The number of halogens is 1. The van der Waals surface area contributed by atoms with Crippen LogP contribution in [0.2, 0.25) is 0 Å². The Morgan fingerprint density at radius 3 is 2.92 bits per heavy atom. The van der Waals surface area contributed by atoms with Gasteiger partial charge in [-0.3, -0.25) is 0 Å². The maximum atomic E-state index is 13.0. The van der Waals surface area contributed by atoms with Crippen molar-refractivity contribution in [1.29, 1.82) is 0 Å². The normalized spacial score (nSPS) is 11.0. The Morgan fingerprint density at radius 1 is 1.46 bits per heavy atom. The number of hydrogen-bond acceptors (Lipinski definition) is 3. The Labute approximate surface area is 84.2 Å². The maximum absolute atomic E-state index is 13.0. The van der Waals surface area contributed by atoms with Crippen LogP contribution in [0.15, 0.2) is 23.1 Å². The van der Waals surface area contributed by atoms with E-state index in [0.29, 0.717) is 4.90 Å². The first kappa shape index (κ1) is 8.99. The molecule has 0 aliphatic heterocycles. The highest BCUT2D eigenvalue weighted by molar-refractivity contribution is 7.80. The molecule has 0 saturated heterocycles. The van der Waals surface area contributed by atoms with E-state index in [1.807, 2.05) is 0 Å². The third kappa shape index (κ3) is 1.45. The summed E-state index contributed by atoms with van der Waals surface area (Å²) >= 11 is 5.52. The van der Waals surface area contributed by atoms with E-state index >= 15 is 0 Å². The number of thiol groups is 1. The average Bonchev–Trinajstić information content (AvgIpc) is 2.55. The molecule has 68 valence electrons. The summed E-state index contributed by atoms with van der Waals surface area (Å²) in [6.45, 7) is -0.00577. The van der Waals surface area contributed by atoms with E-state index in [1.54, 1.807) is 12.1 Å². The van der Waals surface area contributed by atoms with Gasteiger partial charge in [0.25, 0.3) is 0 Å². The first-order chi connectivity index (χ1) is 6.22. The van der Waals surface area contributed by atoms with Gasteiger partial charge in [0, 0.05) is 19.9 Å². The first-order valence-corrected chi connectivity index (χ1v) is 4.99. The molecule has 0 fully saturated rings. The van der Waals surface area contributed by atoms with Gasteiger partial charge in [-0.15, -0.1) is 24.0 Å². The van der Waals surface area contributed by atoms with Gasteiger partial charge in [-0.1, -0.05) is 0 Å². The second-order valence-corrected chi connectivity index (χ2v) is 4.29. The van der Waals surface area contributed by atoms with E-state index in [4.69, 9.17) is 5.11 Å². The van der Waals surface area contributed by atoms with Gasteiger partial charge >= 0.3 is 0 Å². The number of aliphatic hydroxyl groups excluding tert-OH is 1. The van der Waals surface area contributed by atoms with Gasteiger partial charge in [-0.2, -0.15) is 0 Å². The molecule has 0 radical (unpaired) electrons. The Hall–Kier alpha value is -0.580. The highest BCUT2D eigenvalue weighted by Gasteiger charge is 2.07. The first-order valence-electron chi connectivity index (χ1n) is 3.73. The predicted molar refractivity (Wildman–Crippen MR) is 55.0 cm³/mol. The maximum Gasteiger partial charge on any atom is 0.137 e. The van der Waals surface area contributed by atoms with Crippen LogP contribution in [-0.4, -0.2) is 5.11 Å². The zero-order valence-corrected chi connectivity index (χ0v) is 8.33. The molecule has 0 unspecified atom stereocenters. The molecule has 1 aromatic heterocycles. The smallest absolute Gasteiger partial charge is 0.137 e. The molecule has 0 spiro atoms. The Kier molecular flexibility index (Phi) is 2.27. The standard InChI is InChI=1S/C9H7FOS2/c10-7-1-2-8-6(9(7)12)3-5(4-11)13-8/h1-3,11-12H,4H2. The van der Waals surface area contributed by atoms with E-state index in [9.17, 15) is 4.39 Å². The molecule has 2 rings (SSSR count). The van der Waals surface area contributed by atoms with Crippen LogP contribution >= 0.6 is 24.0 Å². The summed E-state index contributed by atoms with van der Waals surface area (Å²) in [6.07, 6.45) is 0. The third-order valence-corrected chi connectivity index (χ3v) is 3.37. The molecule has 0 aliphatic carbocycles. The average molecular weight is 214 g/mol. The van der Waals surface area contributed by atoms with Gasteiger partial charge in [0.15, 0.2) is 0 Å². The molecule has 1 aromatic carbocycles. The summed E-state index contributed by atoms with van der Waals surface area (Å²) in [5.41, 5.74) is 0. The van der Waals surface area contributed by atoms with E-state index < -0.39 is 0 Å². The van der Waals surface area contributed by atoms with Crippen LogP contribution in [0.3, 0.4) is 0 Å². The summed E-state index contributed by atoms with van der Waals surface area (Å²) in [4.78, 5) is 1.18. The minimum Gasteiger partial charge on any atom is -0.391 e. The minimum absolute atomic E-state index is 0.00577. The quantitative estimate of drug-likeness (QED) is 0.699. The van der Waals surface area contributed by atoms with Gasteiger partial charge in [0.05, 0.1) is 6.61 Å². The van der Waals surface area contributed by atoms with Crippen LogP contribution in [0.5, 0.6) is 0 Å². The van der Waals surface area contributed by atoms with Crippen molar-refractivity contribution in [3.05, 3.63) is 28.9 Å². The molecule has 0 saturated carbocycles. The fourth-order valence-electron chi connectivity index (χ4n) is 1.20. The van der Waals surface area contributed by atoms with Gasteiger partial charge in [0.1, 0.15) is 5.82 Å². The number of hydrogen-bond donors (Lipinski definition) is 2. The number of fused-ring (bicyclic) bond motifs is 1. The lowest BCUT2D eigenvalue weighted by molar-refractivity contribution is 0.285. The summed E-state index contributed by atoms with van der Waals surface area (Å²) < 4.78 is 14.0.